The van der Waals surface area contributed by atoms with Crippen molar-refractivity contribution in [2.45, 2.75) is 31.7 Å². The largest absolute Gasteiger partial charge is 0.398 e. The van der Waals surface area contributed by atoms with Crippen molar-refractivity contribution in [1.29, 1.82) is 0 Å². The van der Waals surface area contributed by atoms with Crippen molar-refractivity contribution < 1.29 is 0 Å². The molecule has 2 aliphatic carbocycles. The van der Waals surface area contributed by atoms with Crippen molar-refractivity contribution in [2.75, 3.05) is 10.6 Å². The molecule has 0 saturated heterocycles. The van der Waals surface area contributed by atoms with E-state index in [1.807, 2.05) is 0 Å². The number of benzene rings is 5. The van der Waals surface area contributed by atoms with Crippen LogP contribution < -0.4 is 10.6 Å². The van der Waals surface area contributed by atoms with E-state index < -0.39 is 0 Å². The molecule has 5 aromatic carbocycles. The third kappa shape index (κ3) is 4.09. The highest BCUT2D eigenvalue weighted by Crippen LogP contribution is 2.50. The van der Waals surface area contributed by atoms with Crippen LogP contribution in [0.15, 0.2) is 127 Å². The highest BCUT2D eigenvalue weighted by Gasteiger charge is 2.37. The van der Waals surface area contributed by atoms with Gasteiger partial charge < -0.3 is 10.6 Å². The fraction of sp³-hybridized carbons (Fsp3) is 0.122. The second-order valence-electron chi connectivity index (χ2n) is 12.4. The average Bonchev–Trinajstić information content (AvgIpc) is 3.49. The highest BCUT2D eigenvalue weighted by molar-refractivity contribution is 5.96. The molecule has 2 heteroatoms. The van der Waals surface area contributed by atoms with Gasteiger partial charge in [-0.25, -0.2) is 0 Å². The predicted octanol–water partition coefficient (Wildman–Crippen LogP) is 10.1. The van der Waals surface area contributed by atoms with Crippen molar-refractivity contribution in [2.24, 2.45) is 0 Å². The lowest BCUT2D eigenvalue weighted by molar-refractivity contribution is 0.660. The number of nitrogens with two attached hydrogens (primary N) is 1. The number of fused-ring (bicyclic) bond motifs is 6. The Kier molecular flexibility index (Phi) is 5.80. The van der Waals surface area contributed by atoms with Crippen LogP contribution in [-0.2, 0) is 5.41 Å². The van der Waals surface area contributed by atoms with Gasteiger partial charge in [0.1, 0.15) is 0 Å². The zero-order chi connectivity index (χ0) is 29.1. The molecule has 43 heavy (non-hydrogen) atoms. The summed E-state index contributed by atoms with van der Waals surface area (Å²) >= 11 is 0. The van der Waals surface area contributed by atoms with E-state index in [1.54, 1.807) is 0 Å². The third-order valence-electron chi connectivity index (χ3n) is 9.58. The van der Waals surface area contributed by atoms with Gasteiger partial charge in [-0.05, 0) is 92.9 Å². The van der Waals surface area contributed by atoms with E-state index in [1.165, 1.54) is 61.5 Å². The molecule has 8 rings (SSSR count). The molecule has 1 unspecified atom stereocenters. The van der Waals surface area contributed by atoms with Crippen molar-refractivity contribution in [3.05, 3.63) is 161 Å². The Morgan fingerprint density at radius 3 is 2.30 bits per heavy atom. The fourth-order valence-corrected chi connectivity index (χ4v) is 7.35. The summed E-state index contributed by atoms with van der Waals surface area (Å²) in [5.74, 6) is 0. The highest BCUT2D eigenvalue weighted by atomic mass is 15.2. The number of para-hydroxylation sites is 2. The SMILES string of the molecule is CC1(C)c2ccccc2-c2cc(C=Cc3cc(C4=CC=C5c6ccccc6N(c6ccccc6)C5C4)ccc3N)ccc21. The van der Waals surface area contributed by atoms with Crippen LogP contribution in [0.4, 0.5) is 17.1 Å². The van der Waals surface area contributed by atoms with Crippen LogP contribution in [0.3, 0.4) is 0 Å². The summed E-state index contributed by atoms with van der Waals surface area (Å²) in [4.78, 5) is 2.50. The number of hydrogen-bond acceptors (Lipinski definition) is 2. The predicted molar refractivity (Wildman–Crippen MR) is 183 cm³/mol. The first-order chi connectivity index (χ1) is 21.0. The Morgan fingerprint density at radius 1 is 0.698 bits per heavy atom. The third-order valence-corrected chi connectivity index (χ3v) is 9.58. The summed E-state index contributed by atoms with van der Waals surface area (Å²) in [5, 5.41) is 0. The summed E-state index contributed by atoms with van der Waals surface area (Å²) in [6, 6.07) is 41.9. The first-order valence-electron chi connectivity index (χ1n) is 15.2. The number of hydrogen-bond donors (Lipinski definition) is 1. The number of allylic oxidation sites excluding steroid dienone is 2. The summed E-state index contributed by atoms with van der Waals surface area (Å²) in [7, 11) is 0. The molecule has 1 heterocycles. The van der Waals surface area contributed by atoms with E-state index in [2.05, 4.69) is 158 Å². The van der Waals surface area contributed by atoms with Gasteiger partial charge in [0.05, 0.1) is 6.04 Å². The normalized spacial score (nSPS) is 17.6. The van der Waals surface area contributed by atoms with Gasteiger partial charge in [0, 0.05) is 28.0 Å². The van der Waals surface area contributed by atoms with Gasteiger partial charge in [0.25, 0.3) is 0 Å². The zero-order valence-electron chi connectivity index (χ0n) is 24.6. The maximum Gasteiger partial charge on any atom is 0.0638 e. The van der Waals surface area contributed by atoms with Gasteiger partial charge in [0.15, 0.2) is 0 Å². The minimum atomic E-state index is 0.0196. The topological polar surface area (TPSA) is 29.3 Å². The summed E-state index contributed by atoms with van der Waals surface area (Å²) in [6.45, 7) is 4.64. The van der Waals surface area contributed by atoms with Gasteiger partial charge >= 0.3 is 0 Å². The lowest BCUT2D eigenvalue weighted by Crippen LogP contribution is -2.28. The Hall–Kier alpha value is -5.08. The van der Waals surface area contributed by atoms with E-state index in [0.717, 1.165) is 17.7 Å². The molecular weight excluding hydrogens is 520 g/mol. The average molecular weight is 555 g/mol. The van der Waals surface area contributed by atoms with Gasteiger partial charge in [-0.3, -0.25) is 0 Å². The van der Waals surface area contributed by atoms with Crippen molar-refractivity contribution in [3.8, 4) is 11.1 Å². The van der Waals surface area contributed by atoms with Crippen LogP contribution in [0.5, 0.6) is 0 Å². The maximum absolute atomic E-state index is 6.52. The number of anilines is 3. The molecule has 2 N–H and O–H groups in total. The number of nitrogen functional groups attached to an aromatic ring is 1. The minimum Gasteiger partial charge on any atom is -0.398 e. The molecule has 5 aromatic rings. The van der Waals surface area contributed by atoms with E-state index in [4.69, 9.17) is 5.73 Å². The van der Waals surface area contributed by atoms with Gasteiger partial charge in [-0.15, -0.1) is 0 Å². The summed E-state index contributed by atoms with van der Waals surface area (Å²) < 4.78 is 0. The smallest absolute Gasteiger partial charge is 0.0638 e. The molecule has 2 nitrogen and oxygen atoms in total. The van der Waals surface area contributed by atoms with Crippen molar-refractivity contribution in [1.82, 2.24) is 0 Å². The summed E-state index contributed by atoms with van der Waals surface area (Å²) in [5.41, 5.74) is 22.8. The summed E-state index contributed by atoms with van der Waals surface area (Å²) in [6.07, 6.45) is 9.92. The lowest BCUT2D eigenvalue weighted by Gasteiger charge is -2.30. The Labute approximate surface area is 254 Å². The van der Waals surface area contributed by atoms with Crippen LogP contribution in [-0.4, -0.2) is 6.04 Å². The molecular formula is C41H34N2. The van der Waals surface area contributed by atoms with E-state index in [0.29, 0.717) is 0 Å². The van der Waals surface area contributed by atoms with Gasteiger partial charge in [0.2, 0.25) is 0 Å². The molecule has 3 aliphatic rings. The molecule has 1 aliphatic heterocycles. The van der Waals surface area contributed by atoms with E-state index in [-0.39, 0.29) is 11.5 Å². The van der Waals surface area contributed by atoms with E-state index >= 15 is 0 Å². The minimum absolute atomic E-state index is 0.0196. The molecule has 0 amide bonds. The maximum atomic E-state index is 6.52. The van der Waals surface area contributed by atoms with Crippen LogP contribution in [0.1, 0.15) is 53.6 Å². The van der Waals surface area contributed by atoms with Crippen molar-refractivity contribution >= 4 is 40.4 Å². The monoisotopic (exact) mass is 554 g/mol. The zero-order valence-corrected chi connectivity index (χ0v) is 24.6. The Morgan fingerprint density at radius 2 is 1.44 bits per heavy atom. The van der Waals surface area contributed by atoms with E-state index in [9.17, 15) is 0 Å². The molecule has 1 atom stereocenters. The second-order valence-corrected chi connectivity index (χ2v) is 12.4. The van der Waals surface area contributed by atoms with Crippen LogP contribution in [0.25, 0.3) is 34.4 Å². The molecule has 0 aromatic heterocycles. The number of nitrogens with zero attached hydrogens (tertiary/aromatic N) is 1. The molecule has 0 fully saturated rings. The molecule has 0 bridgehead atoms. The van der Waals surface area contributed by atoms with Gasteiger partial charge in [-0.1, -0.05) is 117 Å². The van der Waals surface area contributed by atoms with Crippen LogP contribution in [0, 0.1) is 0 Å². The van der Waals surface area contributed by atoms with Crippen LogP contribution >= 0.6 is 0 Å². The standard InChI is InChI=1S/C41H34N2/c1-41(2)36-14-8-6-12-32(36)35-24-27(17-22-37(35)41)16-18-30-25-28(20-23-38(30)42)29-19-21-34-33-13-7-9-15-39(33)43(40(34)26-29)31-10-4-3-5-11-31/h3-25,40H,26,42H2,1-2H3. The lowest BCUT2D eigenvalue weighted by atomic mass is 9.82. The molecule has 0 radical (unpaired) electrons. The second kappa shape index (κ2) is 9.74. The quantitative estimate of drug-likeness (QED) is 0.177. The Bertz CT molecular complexity index is 1990. The fourth-order valence-electron chi connectivity index (χ4n) is 7.35. The first kappa shape index (κ1) is 25.6. The molecule has 0 saturated carbocycles. The van der Waals surface area contributed by atoms with Crippen LogP contribution in [0.2, 0.25) is 0 Å². The number of rotatable bonds is 4. The molecule has 0 spiro atoms. The van der Waals surface area contributed by atoms with Gasteiger partial charge in [-0.2, -0.15) is 0 Å². The van der Waals surface area contributed by atoms with Crippen molar-refractivity contribution in [3.63, 3.8) is 0 Å². The Balaban J connectivity index is 1.11. The first-order valence-corrected chi connectivity index (χ1v) is 15.2. The molecule has 208 valence electrons.